The summed E-state index contributed by atoms with van der Waals surface area (Å²) in [5.41, 5.74) is 2.09. The summed E-state index contributed by atoms with van der Waals surface area (Å²) in [6, 6.07) is 10.0. The van der Waals surface area contributed by atoms with E-state index < -0.39 is 0 Å². The van der Waals surface area contributed by atoms with Crippen molar-refractivity contribution in [3.05, 3.63) is 60.7 Å². The average molecular weight is 225 g/mol. The Morgan fingerprint density at radius 3 is 2.76 bits per heavy atom. The molecule has 0 saturated carbocycles. The fourth-order valence-electron chi connectivity index (χ4n) is 1.79. The van der Waals surface area contributed by atoms with Crippen LogP contribution in [0.2, 0.25) is 0 Å². The van der Waals surface area contributed by atoms with Crippen molar-refractivity contribution in [1.29, 1.82) is 0 Å². The molecule has 0 atom stereocenters. The monoisotopic (exact) mass is 225 g/mol. The van der Waals surface area contributed by atoms with Gasteiger partial charge in [-0.2, -0.15) is 0 Å². The molecule has 0 fully saturated rings. The first-order valence-electron chi connectivity index (χ1n) is 5.41. The number of rotatable bonds is 2. The molecule has 0 amide bonds. The number of hydrogen-bond donors (Lipinski definition) is 0. The van der Waals surface area contributed by atoms with Gasteiger partial charge in [-0.15, -0.1) is 0 Å². The molecule has 0 bridgehead atoms. The van der Waals surface area contributed by atoms with Crippen molar-refractivity contribution in [3.63, 3.8) is 0 Å². The minimum Gasteiger partial charge on any atom is -0.456 e. The minimum atomic E-state index is -0.318. The molecule has 0 spiro atoms. The Hall–Kier alpha value is -2.29. The lowest BCUT2D eigenvalue weighted by Gasteiger charge is -2.04. The van der Waals surface area contributed by atoms with E-state index in [0.29, 0.717) is 0 Å². The topological polar surface area (TPSA) is 31.4 Å². The summed E-state index contributed by atoms with van der Waals surface area (Å²) < 4.78 is 10.4. The van der Waals surface area contributed by atoms with Crippen LogP contribution in [-0.4, -0.2) is 11.3 Å². The third kappa shape index (κ3) is 1.99. The van der Waals surface area contributed by atoms with Crippen molar-refractivity contribution in [1.82, 2.24) is 4.98 Å². The van der Waals surface area contributed by atoms with E-state index in [-0.39, 0.29) is 6.29 Å². The molecular weight excluding hydrogens is 214 g/mol. The predicted octanol–water partition coefficient (Wildman–Crippen LogP) is 3.09. The van der Waals surface area contributed by atoms with Crippen molar-refractivity contribution in [2.45, 2.75) is 6.29 Å². The molecule has 2 heterocycles. The Morgan fingerprint density at radius 2 is 1.88 bits per heavy atom. The summed E-state index contributed by atoms with van der Waals surface area (Å²) in [5.74, 6) is 0. The summed E-state index contributed by atoms with van der Waals surface area (Å²) >= 11 is 0. The Morgan fingerprint density at radius 1 is 1.06 bits per heavy atom. The quantitative estimate of drug-likeness (QED) is 0.787. The first-order chi connectivity index (χ1) is 8.43. The highest BCUT2D eigenvalue weighted by molar-refractivity contribution is 5.87. The van der Waals surface area contributed by atoms with Crippen LogP contribution in [-0.2, 0) is 9.47 Å². The number of benzene rings is 1. The Kier molecular flexibility index (Phi) is 2.50. The number of fused-ring (bicyclic) bond motifs is 1. The van der Waals surface area contributed by atoms with Gasteiger partial charge >= 0.3 is 0 Å². The van der Waals surface area contributed by atoms with Gasteiger partial charge in [0, 0.05) is 11.6 Å². The molecule has 3 nitrogen and oxygen atoms in total. The molecule has 2 aromatic rings. The third-order valence-electron chi connectivity index (χ3n) is 2.60. The van der Waals surface area contributed by atoms with Crippen molar-refractivity contribution in [2.24, 2.45) is 0 Å². The molecule has 17 heavy (non-hydrogen) atoms. The number of aromatic nitrogens is 1. The van der Waals surface area contributed by atoms with Gasteiger partial charge in [-0.1, -0.05) is 24.3 Å². The van der Waals surface area contributed by atoms with Gasteiger partial charge in [0.15, 0.2) is 0 Å². The van der Waals surface area contributed by atoms with E-state index in [1.165, 1.54) is 0 Å². The van der Waals surface area contributed by atoms with Gasteiger partial charge < -0.3 is 9.47 Å². The van der Waals surface area contributed by atoms with Crippen LogP contribution in [0.1, 0.15) is 5.56 Å². The molecule has 1 aromatic carbocycles. The fourth-order valence-corrected chi connectivity index (χ4v) is 1.79. The second-order valence-electron chi connectivity index (χ2n) is 3.69. The summed E-state index contributed by atoms with van der Waals surface area (Å²) in [5, 5.41) is 1.12. The highest BCUT2D eigenvalue weighted by atomic mass is 16.7. The normalized spacial score (nSPS) is 15.3. The van der Waals surface area contributed by atoms with Crippen LogP contribution in [0.15, 0.2) is 55.1 Å². The molecule has 1 aromatic heterocycles. The van der Waals surface area contributed by atoms with Crippen molar-refractivity contribution < 1.29 is 9.47 Å². The average Bonchev–Trinajstić information content (AvgIpc) is 2.89. The van der Waals surface area contributed by atoms with E-state index in [9.17, 15) is 0 Å². The van der Waals surface area contributed by atoms with Gasteiger partial charge in [0.2, 0.25) is 0 Å². The Labute approximate surface area is 99.0 Å². The molecule has 0 unspecified atom stereocenters. The van der Waals surface area contributed by atoms with Crippen LogP contribution in [0.5, 0.6) is 0 Å². The van der Waals surface area contributed by atoms with Crippen LogP contribution in [0.4, 0.5) is 0 Å². The van der Waals surface area contributed by atoms with Gasteiger partial charge in [-0.3, -0.25) is 4.98 Å². The zero-order valence-corrected chi connectivity index (χ0v) is 9.11. The molecule has 0 radical (unpaired) electrons. The number of pyridine rings is 1. The maximum Gasteiger partial charge on any atom is 0.259 e. The molecule has 0 saturated heterocycles. The minimum absolute atomic E-state index is 0.318. The number of para-hydroxylation sites is 1. The largest absolute Gasteiger partial charge is 0.456 e. The van der Waals surface area contributed by atoms with Crippen molar-refractivity contribution >= 4 is 17.0 Å². The molecule has 3 heteroatoms. The van der Waals surface area contributed by atoms with Crippen LogP contribution < -0.4 is 0 Å². The smallest absolute Gasteiger partial charge is 0.259 e. The van der Waals surface area contributed by atoms with Crippen LogP contribution in [0.3, 0.4) is 0 Å². The molecule has 0 aliphatic carbocycles. The summed E-state index contributed by atoms with van der Waals surface area (Å²) in [6.45, 7) is 0. The van der Waals surface area contributed by atoms with E-state index in [4.69, 9.17) is 9.47 Å². The summed E-state index contributed by atoms with van der Waals surface area (Å²) in [4.78, 5) is 4.31. The fraction of sp³-hybridized carbons (Fsp3) is 0.0714. The maximum atomic E-state index is 5.18. The molecule has 1 aliphatic rings. The number of ether oxygens (including phenoxy) is 2. The lowest BCUT2D eigenvalue weighted by Crippen LogP contribution is -2.01. The molecule has 1 aliphatic heterocycles. The van der Waals surface area contributed by atoms with Gasteiger partial charge in [-0.25, -0.2) is 0 Å². The molecular formula is C14H11NO2. The highest BCUT2D eigenvalue weighted by Gasteiger charge is 2.07. The zero-order chi connectivity index (χ0) is 11.5. The maximum absolute atomic E-state index is 5.18. The van der Waals surface area contributed by atoms with Gasteiger partial charge in [0.05, 0.1) is 5.52 Å². The molecule has 3 rings (SSSR count). The number of nitrogens with zero attached hydrogens (tertiary/aromatic N) is 1. The Bertz CT molecular complexity index is 576. The molecule has 0 N–H and O–H groups in total. The first kappa shape index (κ1) is 9.90. The Balaban J connectivity index is 1.94. The van der Waals surface area contributed by atoms with Gasteiger partial charge in [0.25, 0.3) is 6.29 Å². The van der Waals surface area contributed by atoms with Gasteiger partial charge in [-0.05, 0) is 23.8 Å². The second-order valence-corrected chi connectivity index (χ2v) is 3.69. The van der Waals surface area contributed by atoms with Crippen molar-refractivity contribution in [2.75, 3.05) is 0 Å². The standard InChI is InChI=1S/C14H11NO2/c1-2-4-13-12(3-1)11(7-8-15-13)5-6-14-16-9-10-17-14/h1-10,14H. The molecule has 84 valence electrons. The SMILES string of the molecule is C1=COC(C=Cc2ccnc3ccccc23)O1. The third-order valence-corrected chi connectivity index (χ3v) is 2.60. The van der Waals surface area contributed by atoms with Crippen LogP contribution >= 0.6 is 0 Å². The van der Waals surface area contributed by atoms with Crippen LogP contribution in [0.25, 0.3) is 17.0 Å². The lowest BCUT2D eigenvalue weighted by molar-refractivity contribution is 0.0198. The zero-order valence-electron chi connectivity index (χ0n) is 9.11. The summed E-state index contributed by atoms with van der Waals surface area (Å²) in [7, 11) is 0. The van der Waals surface area contributed by atoms with Gasteiger partial charge in [0.1, 0.15) is 12.5 Å². The van der Waals surface area contributed by atoms with Crippen molar-refractivity contribution in [3.8, 4) is 0 Å². The summed E-state index contributed by atoms with van der Waals surface area (Å²) in [6.07, 6.45) is 8.43. The van der Waals surface area contributed by atoms with E-state index in [1.807, 2.05) is 36.4 Å². The highest BCUT2D eigenvalue weighted by Crippen LogP contribution is 2.18. The number of hydrogen-bond acceptors (Lipinski definition) is 3. The van der Waals surface area contributed by atoms with E-state index in [2.05, 4.69) is 11.1 Å². The second kappa shape index (κ2) is 4.29. The van der Waals surface area contributed by atoms with E-state index in [0.717, 1.165) is 16.5 Å². The predicted molar refractivity (Wildman–Crippen MR) is 65.9 cm³/mol. The van der Waals surface area contributed by atoms with Crippen LogP contribution in [0, 0.1) is 0 Å². The van der Waals surface area contributed by atoms with E-state index >= 15 is 0 Å². The lowest BCUT2D eigenvalue weighted by atomic mass is 10.1. The first-order valence-corrected chi connectivity index (χ1v) is 5.41. The van der Waals surface area contributed by atoms with E-state index in [1.54, 1.807) is 18.7 Å².